The van der Waals surface area contributed by atoms with E-state index in [-0.39, 0.29) is 5.91 Å². The summed E-state index contributed by atoms with van der Waals surface area (Å²) in [6.45, 7) is 6.45. The summed E-state index contributed by atoms with van der Waals surface area (Å²) in [5, 5.41) is 3.30. The van der Waals surface area contributed by atoms with Gasteiger partial charge in [-0.3, -0.25) is 9.63 Å². The molecule has 1 aliphatic heterocycles. The van der Waals surface area contributed by atoms with Crippen molar-refractivity contribution in [3.63, 3.8) is 0 Å². The van der Waals surface area contributed by atoms with Crippen LogP contribution in [0.5, 0.6) is 0 Å². The standard InChI is InChI=1S/C14H20N2O2/c1-10(2)9-18-16-14(17)12-4-3-11-5-6-15-8-13(11)7-12/h3-4,7,10,15H,5-6,8-9H2,1-2H3,(H,16,17). The molecule has 4 heteroatoms. The number of nitrogens with one attached hydrogen (secondary N) is 2. The highest BCUT2D eigenvalue weighted by Gasteiger charge is 2.12. The van der Waals surface area contributed by atoms with Gasteiger partial charge in [-0.1, -0.05) is 19.9 Å². The number of benzene rings is 1. The van der Waals surface area contributed by atoms with Crippen LogP contribution in [0, 0.1) is 5.92 Å². The lowest BCUT2D eigenvalue weighted by atomic mass is 9.98. The van der Waals surface area contributed by atoms with E-state index in [1.807, 2.05) is 32.0 Å². The van der Waals surface area contributed by atoms with Gasteiger partial charge in [-0.15, -0.1) is 0 Å². The molecule has 2 rings (SSSR count). The zero-order chi connectivity index (χ0) is 13.0. The van der Waals surface area contributed by atoms with Crippen molar-refractivity contribution in [2.24, 2.45) is 5.92 Å². The van der Waals surface area contributed by atoms with Crippen LogP contribution in [0.1, 0.15) is 35.3 Å². The molecule has 2 N–H and O–H groups in total. The Morgan fingerprint density at radius 3 is 3.06 bits per heavy atom. The number of fused-ring (bicyclic) bond motifs is 1. The number of carbonyl (C=O) groups is 1. The molecule has 0 unspecified atom stereocenters. The summed E-state index contributed by atoms with van der Waals surface area (Å²) < 4.78 is 0. The molecule has 1 aromatic rings. The molecule has 1 aromatic carbocycles. The molecule has 0 atom stereocenters. The molecule has 4 nitrogen and oxygen atoms in total. The Labute approximate surface area is 108 Å². The summed E-state index contributed by atoms with van der Waals surface area (Å²) in [6.07, 6.45) is 1.03. The molecule has 1 heterocycles. The minimum atomic E-state index is -0.177. The lowest BCUT2D eigenvalue weighted by Crippen LogP contribution is -2.27. The monoisotopic (exact) mass is 248 g/mol. The largest absolute Gasteiger partial charge is 0.312 e. The zero-order valence-electron chi connectivity index (χ0n) is 11.0. The van der Waals surface area contributed by atoms with Crippen LogP contribution < -0.4 is 10.8 Å². The van der Waals surface area contributed by atoms with E-state index < -0.39 is 0 Å². The predicted octanol–water partition coefficient (Wildman–Crippen LogP) is 1.65. The predicted molar refractivity (Wildman–Crippen MR) is 70.1 cm³/mol. The van der Waals surface area contributed by atoms with Gasteiger partial charge < -0.3 is 5.32 Å². The molecular formula is C14H20N2O2. The van der Waals surface area contributed by atoms with Crippen LogP contribution >= 0.6 is 0 Å². The highest BCUT2D eigenvalue weighted by Crippen LogP contribution is 2.15. The first-order valence-electron chi connectivity index (χ1n) is 6.41. The summed E-state index contributed by atoms with van der Waals surface area (Å²) in [6, 6.07) is 5.83. The summed E-state index contributed by atoms with van der Waals surface area (Å²) >= 11 is 0. The number of hydroxylamine groups is 1. The summed E-state index contributed by atoms with van der Waals surface area (Å²) in [5.74, 6) is 0.224. The molecule has 0 spiro atoms. The maximum absolute atomic E-state index is 11.9. The van der Waals surface area contributed by atoms with Gasteiger partial charge in [0.2, 0.25) is 0 Å². The second-order valence-corrected chi connectivity index (χ2v) is 5.05. The van der Waals surface area contributed by atoms with Gasteiger partial charge in [-0.25, -0.2) is 5.48 Å². The Morgan fingerprint density at radius 1 is 1.44 bits per heavy atom. The second kappa shape index (κ2) is 5.98. The average Bonchev–Trinajstić information content (AvgIpc) is 2.37. The highest BCUT2D eigenvalue weighted by atomic mass is 16.6. The van der Waals surface area contributed by atoms with Crippen LogP contribution in [0.2, 0.25) is 0 Å². The Bertz CT molecular complexity index is 430. The summed E-state index contributed by atoms with van der Waals surface area (Å²) in [4.78, 5) is 17.0. The first-order valence-corrected chi connectivity index (χ1v) is 6.41. The van der Waals surface area contributed by atoms with E-state index in [4.69, 9.17) is 4.84 Å². The summed E-state index contributed by atoms with van der Waals surface area (Å²) in [5.41, 5.74) is 5.67. The van der Waals surface area contributed by atoms with Crippen molar-refractivity contribution in [1.82, 2.24) is 10.8 Å². The third kappa shape index (κ3) is 3.31. The van der Waals surface area contributed by atoms with Crippen LogP contribution in [0.3, 0.4) is 0 Å². The lowest BCUT2D eigenvalue weighted by Gasteiger charge is -2.17. The van der Waals surface area contributed by atoms with E-state index in [0.29, 0.717) is 18.1 Å². The van der Waals surface area contributed by atoms with Crippen molar-refractivity contribution in [2.45, 2.75) is 26.8 Å². The second-order valence-electron chi connectivity index (χ2n) is 5.05. The molecule has 18 heavy (non-hydrogen) atoms. The fraction of sp³-hybridized carbons (Fsp3) is 0.500. The van der Waals surface area contributed by atoms with E-state index in [1.165, 1.54) is 11.1 Å². The number of hydrogen-bond donors (Lipinski definition) is 2. The molecule has 98 valence electrons. The number of hydrogen-bond acceptors (Lipinski definition) is 3. The molecule has 1 aliphatic rings. The van der Waals surface area contributed by atoms with Gasteiger partial charge in [0.15, 0.2) is 0 Å². The molecule has 0 radical (unpaired) electrons. The quantitative estimate of drug-likeness (QED) is 0.797. The number of carbonyl (C=O) groups excluding carboxylic acids is 1. The van der Waals surface area contributed by atoms with E-state index in [2.05, 4.69) is 10.8 Å². The van der Waals surface area contributed by atoms with Gasteiger partial charge in [0.1, 0.15) is 0 Å². The third-order valence-corrected chi connectivity index (χ3v) is 2.94. The first kappa shape index (κ1) is 13.1. The first-order chi connectivity index (χ1) is 8.66. The number of amides is 1. The maximum Gasteiger partial charge on any atom is 0.274 e. The van der Waals surface area contributed by atoms with Gasteiger partial charge in [-0.05, 0) is 42.1 Å². The minimum absolute atomic E-state index is 0.177. The van der Waals surface area contributed by atoms with E-state index in [1.54, 1.807) is 0 Å². The lowest BCUT2D eigenvalue weighted by molar-refractivity contribution is 0.0208. The molecule has 0 saturated heterocycles. The molecule has 0 saturated carbocycles. The number of rotatable bonds is 4. The average molecular weight is 248 g/mol. The Hall–Kier alpha value is -1.39. The van der Waals surface area contributed by atoms with Crippen molar-refractivity contribution in [2.75, 3.05) is 13.2 Å². The van der Waals surface area contributed by atoms with Crippen molar-refractivity contribution in [3.8, 4) is 0 Å². The van der Waals surface area contributed by atoms with E-state index >= 15 is 0 Å². The topological polar surface area (TPSA) is 50.4 Å². The Balaban J connectivity index is 1.98. The van der Waals surface area contributed by atoms with E-state index in [9.17, 15) is 4.79 Å². The van der Waals surface area contributed by atoms with E-state index in [0.717, 1.165) is 19.5 Å². The highest BCUT2D eigenvalue weighted by molar-refractivity contribution is 5.93. The SMILES string of the molecule is CC(C)CONC(=O)c1ccc2c(c1)CNCC2. The van der Waals surface area contributed by atoms with Crippen molar-refractivity contribution >= 4 is 5.91 Å². The van der Waals surface area contributed by atoms with Crippen LogP contribution in [0.25, 0.3) is 0 Å². The van der Waals surface area contributed by atoms with Gasteiger partial charge in [0.05, 0.1) is 6.61 Å². The fourth-order valence-electron chi connectivity index (χ4n) is 1.95. The van der Waals surface area contributed by atoms with Crippen LogP contribution in [-0.4, -0.2) is 19.1 Å². The van der Waals surface area contributed by atoms with Gasteiger partial charge >= 0.3 is 0 Å². The Morgan fingerprint density at radius 2 is 2.28 bits per heavy atom. The molecular weight excluding hydrogens is 228 g/mol. The van der Waals surface area contributed by atoms with Gasteiger partial charge in [-0.2, -0.15) is 0 Å². The van der Waals surface area contributed by atoms with Gasteiger partial charge in [0.25, 0.3) is 5.91 Å². The third-order valence-electron chi connectivity index (χ3n) is 2.94. The van der Waals surface area contributed by atoms with Crippen molar-refractivity contribution < 1.29 is 9.63 Å². The van der Waals surface area contributed by atoms with Crippen molar-refractivity contribution in [3.05, 3.63) is 34.9 Å². The fourth-order valence-corrected chi connectivity index (χ4v) is 1.95. The normalized spacial score (nSPS) is 14.4. The molecule has 0 fully saturated rings. The van der Waals surface area contributed by atoms with Crippen LogP contribution in [-0.2, 0) is 17.8 Å². The molecule has 0 aromatic heterocycles. The molecule has 0 aliphatic carbocycles. The van der Waals surface area contributed by atoms with Gasteiger partial charge in [0, 0.05) is 12.1 Å². The van der Waals surface area contributed by atoms with Crippen LogP contribution in [0.15, 0.2) is 18.2 Å². The smallest absolute Gasteiger partial charge is 0.274 e. The summed E-state index contributed by atoms with van der Waals surface area (Å²) in [7, 11) is 0. The van der Waals surface area contributed by atoms with Crippen molar-refractivity contribution in [1.29, 1.82) is 0 Å². The maximum atomic E-state index is 11.9. The Kier molecular flexibility index (Phi) is 4.33. The van der Waals surface area contributed by atoms with Crippen LogP contribution in [0.4, 0.5) is 0 Å². The zero-order valence-corrected chi connectivity index (χ0v) is 11.0. The molecule has 1 amide bonds. The minimum Gasteiger partial charge on any atom is -0.312 e. The molecule has 0 bridgehead atoms.